The molecule has 0 unspecified atom stereocenters. The number of ether oxygens (including phenoxy) is 1. The number of amides is 1. The fourth-order valence-corrected chi connectivity index (χ4v) is 1.45. The maximum atomic E-state index is 11.8. The lowest BCUT2D eigenvalue weighted by molar-refractivity contribution is -0.385. The van der Waals surface area contributed by atoms with E-state index in [-0.39, 0.29) is 28.6 Å². The highest BCUT2D eigenvalue weighted by Crippen LogP contribution is 2.29. The Labute approximate surface area is 111 Å². The molecule has 1 aromatic heterocycles. The van der Waals surface area contributed by atoms with Crippen LogP contribution in [0.3, 0.4) is 0 Å². The molecule has 1 aromatic carbocycles. The van der Waals surface area contributed by atoms with Crippen molar-refractivity contribution in [1.82, 2.24) is 10.3 Å². The van der Waals surface area contributed by atoms with Gasteiger partial charge in [0.1, 0.15) is 0 Å². The number of nitrogens with one attached hydrogen (secondary N) is 1. The third-order valence-electron chi connectivity index (χ3n) is 2.36. The summed E-state index contributed by atoms with van der Waals surface area (Å²) in [6.07, 6.45) is 0. The first-order chi connectivity index (χ1) is 9.52. The van der Waals surface area contributed by atoms with E-state index in [0.29, 0.717) is 0 Å². The van der Waals surface area contributed by atoms with Crippen molar-refractivity contribution in [3.05, 3.63) is 34.0 Å². The van der Waals surface area contributed by atoms with Crippen LogP contribution in [-0.2, 0) is 0 Å². The van der Waals surface area contributed by atoms with Gasteiger partial charge in [0, 0.05) is 11.8 Å². The fraction of sp³-hybridized carbons (Fsp3) is 0.100. The molecule has 1 amide bonds. The first-order valence-corrected chi connectivity index (χ1v) is 5.24. The lowest BCUT2D eigenvalue weighted by atomic mass is 10.2. The monoisotopic (exact) mass is 279 g/mol. The summed E-state index contributed by atoms with van der Waals surface area (Å²) in [5.41, 5.74) is 5.06. The summed E-state index contributed by atoms with van der Waals surface area (Å²) in [6.45, 7) is 0. The third kappa shape index (κ3) is 2.48. The van der Waals surface area contributed by atoms with E-state index in [1.165, 1.54) is 19.2 Å². The van der Waals surface area contributed by atoms with Gasteiger partial charge in [-0.2, -0.15) is 0 Å². The SMILES string of the molecule is COc1ccc(NC(=O)c2nonc2N)cc1[N+](=O)[O-]. The zero-order chi connectivity index (χ0) is 14.7. The van der Waals surface area contributed by atoms with Gasteiger partial charge in [-0.15, -0.1) is 0 Å². The Balaban J connectivity index is 2.26. The minimum absolute atomic E-state index is 0.0793. The standard InChI is InChI=1S/C10H9N5O5/c1-19-7-3-2-5(4-6(7)15(17)18)12-10(16)8-9(11)14-20-13-8/h2-4H,1H3,(H2,11,14)(H,12,16). The largest absolute Gasteiger partial charge is 0.490 e. The van der Waals surface area contributed by atoms with E-state index in [4.69, 9.17) is 10.5 Å². The zero-order valence-electron chi connectivity index (χ0n) is 10.2. The summed E-state index contributed by atoms with van der Waals surface area (Å²) < 4.78 is 9.13. The molecule has 20 heavy (non-hydrogen) atoms. The molecule has 10 nitrogen and oxygen atoms in total. The molecule has 0 fully saturated rings. The number of hydrogen-bond donors (Lipinski definition) is 2. The molecular formula is C10H9N5O5. The number of nitrogen functional groups attached to an aromatic ring is 1. The van der Waals surface area contributed by atoms with Crippen molar-refractivity contribution in [2.75, 3.05) is 18.2 Å². The van der Waals surface area contributed by atoms with E-state index < -0.39 is 10.8 Å². The Hall–Kier alpha value is -3.17. The average Bonchev–Trinajstić information content (AvgIpc) is 2.85. The van der Waals surface area contributed by atoms with E-state index in [1.54, 1.807) is 0 Å². The number of aromatic nitrogens is 2. The van der Waals surface area contributed by atoms with E-state index in [0.717, 1.165) is 6.07 Å². The lowest BCUT2D eigenvalue weighted by Crippen LogP contribution is -2.14. The summed E-state index contributed by atoms with van der Waals surface area (Å²) in [4.78, 5) is 22.0. The second-order valence-electron chi connectivity index (χ2n) is 3.60. The van der Waals surface area contributed by atoms with Gasteiger partial charge in [-0.3, -0.25) is 14.9 Å². The van der Waals surface area contributed by atoms with Crippen LogP contribution in [0, 0.1) is 10.1 Å². The molecule has 0 aliphatic heterocycles. The second kappa shape index (κ2) is 5.22. The highest BCUT2D eigenvalue weighted by molar-refractivity contribution is 6.05. The first kappa shape index (κ1) is 13.3. The van der Waals surface area contributed by atoms with Crippen LogP contribution >= 0.6 is 0 Å². The Morgan fingerprint density at radius 2 is 2.25 bits per heavy atom. The normalized spacial score (nSPS) is 10.1. The summed E-state index contributed by atoms with van der Waals surface area (Å²) in [5.74, 6) is -0.788. The van der Waals surface area contributed by atoms with Gasteiger partial charge in [0.25, 0.3) is 5.91 Å². The van der Waals surface area contributed by atoms with Crippen LogP contribution in [0.5, 0.6) is 5.75 Å². The molecule has 0 aliphatic carbocycles. The number of nitrogens with two attached hydrogens (primary N) is 1. The summed E-state index contributed by atoms with van der Waals surface area (Å²) >= 11 is 0. The van der Waals surface area contributed by atoms with Gasteiger partial charge in [0.2, 0.25) is 11.5 Å². The van der Waals surface area contributed by atoms with Gasteiger partial charge in [-0.25, -0.2) is 4.63 Å². The Kier molecular flexibility index (Phi) is 3.46. The molecule has 0 spiro atoms. The van der Waals surface area contributed by atoms with Crippen molar-refractivity contribution in [3.63, 3.8) is 0 Å². The van der Waals surface area contributed by atoms with Crippen molar-refractivity contribution in [1.29, 1.82) is 0 Å². The number of nitrogens with zero attached hydrogens (tertiary/aromatic N) is 3. The number of carbonyl (C=O) groups is 1. The highest BCUT2D eigenvalue weighted by Gasteiger charge is 2.19. The van der Waals surface area contributed by atoms with Crippen molar-refractivity contribution >= 4 is 23.1 Å². The van der Waals surface area contributed by atoms with Gasteiger partial charge < -0.3 is 15.8 Å². The van der Waals surface area contributed by atoms with Crippen LogP contribution in [0.15, 0.2) is 22.8 Å². The van der Waals surface area contributed by atoms with Gasteiger partial charge in [0.05, 0.1) is 12.0 Å². The third-order valence-corrected chi connectivity index (χ3v) is 2.36. The molecule has 0 saturated carbocycles. The van der Waals surface area contributed by atoms with E-state index in [9.17, 15) is 14.9 Å². The molecule has 2 aromatic rings. The molecule has 0 saturated heterocycles. The van der Waals surface area contributed by atoms with Crippen LogP contribution in [0.1, 0.15) is 10.5 Å². The number of methoxy groups -OCH3 is 1. The Morgan fingerprint density at radius 1 is 1.50 bits per heavy atom. The quantitative estimate of drug-likeness (QED) is 0.617. The second-order valence-corrected chi connectivity index (χ2v) is 3.60. The van der Waals surface area contributed by atoms with E-state index in [2.05, 4.69) is 20.3 Å². The fourth-order valence-electron chi connectivity index (χ4n) is 1.45. The smallest absolute Gasteiger partial charge is 0.312 e. The average molecular weight is 279 g/mol. The van der Waals surface area contributed by atoms with Crippen LogP contribution < -0.4 is 15.8 Å². The Morgan fingerprint density at radius 3 is 2.80 bits per heavy atom. The maximum absolute atomic E-state index is 11.8. The first-order valence-electron chi connectivity index (χ1n) is 5.24. The minimum atomic E-state index is -0.691. The lowest BCUT2D eigenvalue weighted by Gasteiger charge is -2.05. The Bertz CT molecular complexity index is 668. The molecule has 10 heteroatoms. The maximum Gasteiger partial charge on any atom is 0.312 e. The molecule has 0 bridgehead atoms. The summed E-state index contributed by atoms with van der Waals surface area (Å²) in [7, 11) is 1.31. The molecular weight excluding hydrogens is 270 g/mol. The van der Waals surface area contributed by atoms with E-state index in [1.807, 2.05) is 0 Å². The zero-order valence-corrected chi connectivity index (χ0v) is 10.2. The van der Waals surface area contributed by atoms with Crippen molar-refractivity contribution < 1.29 is 19.1 Å². The number of anilines is 2. The van der Waals surface area contributed by atoms with Crippen LogP contribution in [0.4, 0.5) is 17.2 Å². The van der Waals surface area contributed by atoms with Gasteiger partial charge in [0.15, 0.2) is 5.75 Å². The number of benzene rings is 1. The molecule has 0 aliphatic rings. The van der Waals surface area contributed by atoms with Gasteiger partial charge in [-0.05, 0) is 22.4 Å². The molecule has 0 radical (unpaired) electrons. The highest BCUT2D eigenvalue weighted by atomic mass is 16.6. The topological polar surface area (TPSA) is 146 Å². The predicted molar refractivity (Wildman–Crippen MR) is 66.3 cm³/mol. The van der Waals surface area contributed by atoms with Crippen LogP contribution in [-0.4, -0.2) is 28.3 Å². The number of nitro benzene ring substituents is 1. The van der Waals surface area contributed by atoms with Crippen LogP contribution in [0.2, 0.25) is 0 Å². The molecule has 2 rings (SSSR count). The number of nitro groups is 1. The molecule has 0 atom stereocenters. The summed E-state index contributed by atoms with van der Waals surface area (Å²) in [6, 6.07) is 3.95. The van der Waals surface area contributed by atoms with Crippen molar-refractivity contribution in [3.8, 4) is 5.75 Å². The van der Waals surface area contributed by atoms with Gasteiger partial charge in [-0.1, -0.05) is 0 Å². The number of hydrogen-bond acceptors (Lipinski definition) is 8. The predicted octanol–water partition coefficient (Wildman–Crippen LogP) is 0.821. The van der Waals surface area contributed by atoms with Crippen molar-refractivity contribution in [2.24, 2.45) is 0 Å². The number of carbonyl (C=O) groups excluding carboxylic acids is 1. The molecule has 1 heterocycles. The van der Waals surface area contributed by atoms with Crippen molar-refractivity contribution in [2.45, 2.75) is 0 Å². The summed E-state index contributed by atoms with van der Waals surface area (Å²) in [5, 5.41) is 19.8. The molecule has 104 valence electrons. The number of rotatable bonds is 4. The molecule has 3 N–H and O–H groups in total. The van der Waals surface area contributed by atoms with Crippen LogP contribution in [0.25, 0.3) is 0 Å². The van der Waals surface area contributed by atoms with E-state index >= 15 is 0 Å². The van der Waals surface area contributed by atoms with Gasteiger partial charge >= 0.3 is 5.69 Å². The minimum Gasteiger partial charge on any atom is -0.490 e.